The quantitative estimate of drug-likeness (QED) is 0.431. The summed E-state index contributed by atoms with van der Waals surface area (Å²) in [6, 6.07) is 0. The number of nitrogens with zero attached hydrogens (tertiary/aromatic N) is 2. The molecule has 0 saturated heterocycles. The fourth-order valence-corrected chi connectivity index (χ4v) is 0.686. The molecule has 0 fully saturated rings. The number of halogens is 2. The minimum absolute atomic E-state index is 0.675. The van der Waals surface area contributed by atoms with Crippen molar-refractivity contribution in [3.05, 3.63) is 0 Å². The monoisotopic (exact) mass is 356 g/mol. The van der Waals surface area contributed by atoms with Gasteiger partial charge >= 0.3 is 0 Å². The largest absolute Gasteiger partial charge is 0.349 e. The van der Waals surface area contributed by atoms with E-state index in [4.69, 9.17) is 4.74 Å². The van der Waals surface area contributed by atoms with Gasteiger partial charge in [0.15, 0.2) is 0 Å². The van der Waals surface area contributed by atoms with Gasteiger partial charge in [0, 0.05) is 45.7 Å². The van der Waals surface area contributed by atoms with Gasteiger partial charge in [-0.1, -0.05) is 0 Å². The summed E-state index contributed by atoms with van der Waals surface area (Å²) in [6.45, 7) is 1.35. The normalized spacial score (nSPS) is 11.3. The SMILES string of the molecule is CN(I)COCN(C)I. The van der Waals surface area contributed by atoms with Gasteiger partial charge in [-0.15, -0.1) is 0 Å². The lowest BCUT2D eigenvalue weighted by Gasteiger charge is -2.10. The zero-order chi connectivity index (χ0) is 7.28. The third kappa shape index (κ3) is 9.34. The highest BCUT2D eigenvalue weighted by atomic mass is 127. The number of hydrogen-bond acceptors (Lipinski definition) is 3. The van der Waals surface area contributed by atoms with Crippen LogP contribution in [-0.4, -0.2) is 33.8 Å². The zero-order valence-electron chi connectivity index (χ0n) is 5.47. The summed E-state index contributed by atoms with van der Waals surface area (Å²) in [5.41, 5.74) is 0. The van der Waals surface area contributed by atoms with Gasteiger partial charge < -0.3 is 4.74 Å². The molecular formula is C4H10I2N2O. The molecule has 0 aliphatic heterocycles. The van der Waals surface area contributed by atoms with E-state index < -0.39 is 0 Å². The van der Waals surface area contributed by atoms with E-state index in [0.717, 1.165) is 0 Å². The summed E-state index contributed by atoms with van der Waals surface area (Å²) >= 11 is 4.35. The van der Waals surface area contributed by atoms with Crippen LogP contribution in [0.25, 0.3) is 0 Å². The average molecular weight is 356 g/mol. The maximum atomic E-state index is 5.19. The Kier molecular flexibility index (Phi) is 6.98. The van der Waals surface area contributed by atoms with Crippen LogP contribution >= 0.6 is 45.7 Å². The Balaban J connectivity index is 2.91. The van der Waals surface area contributed by atoms with Gasteiger partial charge in [-0.05, 0) is 14.1 Å². The lowest BCUT2D eigenvalue weighted by Crippen LogP contribution is -2.16. The molecule has 0 aromatic heterocycles. The number of rotatable bonds is 4. The summed E-state index contributed by atoms with van der Waals surface area (Å²) in [5.74, 6) is 0. The van der Waals surface area contributed by atoms with Crippen LogP contribution in [0.5, 0.6) is 0 Å². The number of hydrogen-bond donors (Lipinski definition) is 0. The highest BCUT2D eigenvalue weighted by Crippen LogP contribution is 1.95. The second-order valence-electron chi connectivity index (χ2n) is 1.67. The molecule has 0 unspecified atom stereocenters. The second-order valence-corrected chi connectivity index (χ2v) is 4.97. The highest BCUT2D eigenvalue weighted by Gasteiger charge is 1.92. The van der Waals surface area contributed by atoms with E-state index >= 15 is 0 Å². The maximum Gasteiger partial charge on any atom is 0.109 e. The Bertz CT molecular complexity index is 61.6. The molecule has 0 aliphatic carbocycles. The van der Waals surface area contributed by atoms with Crippen molar-refractivity contribution < 1.29 is 4.74 Å². The van der Waals surface area contributed by atoms with E-state index in [1.807, 2.05) is 20.3 Å². The van der Waals surface area contributed by atoms with E-state index in [0.29, 0.717) is 13.5 Å². The highest BCUT2D eigenvalue weighted by molar-refractivity contribution is 14.1. The standard InChI is InChI=1S/C4H10I2N2O/c1-7(5)3-9-4-8(2)6/h3-4H2,1-2H3. The van der Waals surface area contributed by atoms with Gasteiger partial charge in [0.25, 0.3) is 0 Å². The third-order valence-electron chi connectivity index (χ3n) is 0.538. The number of ether oxygens (including phenoxy) is 1. The minimum Gasteiger partial charge on any atom is -0.349 e. The predicted octanol–water partition coefficient (Wildman–Crippen LogP) is 1.48. The molecule has 0 spiro atoms. The van der Waals surface area contributed by atoms with Crippen LogP contribution in [0.15, 0.2) is 0 Å². The molecule has 0 saturated carbocycles. The summed E-state index contributed by atoms with van der Waals surface area (Å²) in [5, 5.41) is 0. The molecule has 0 aliphatic rings. The Morgan fingerprint density at radius 1 is 1.11 bits per heavy atom. The molecule has 0 rings (SSSR count). The van der Waals surface area contributed by atoms with E-state index in [2.05, 4.69) is 45.7 Å². The second kappa shape index (κ2) is 6.08. The summed E-state index contributed by atoms with van der Waals surface area (Å²) in [7, 11) is 3.93. The smallest absolute Gasteiger partial charge is 0.109 e. The maximum absolute atomic E-state index is 5.19. The van der Waals surface area contributed by atoms with Gasteiger partial charge in [0.05, 0.1) is 0 Å². The van der Waals surface area contributed by atoms with Crippen LogP contribution in [-0.2, 0) is 4.74 Å². The van der Waals surface area contributed by atoms with Crippen LogP contribution in [0.2, 0.25) is 0 Å². The zero-order valence-corrected chi connectivity index (χ0v) is 9.79. The first-order valence-electron chi connectivity index (χ1n) is 2.44. The molecule has 9 heavy (non-hydrogen) atoms. The molecule has 0 N–H and O–H groups in total. The van der Waals surface area contributed by atoms with Crippen LogP contribution in [0.1, 0.15) is 0 Å². The Hall–Kier alpha value is 1.34. The molecule has 0 aromatic rings. The lowest BCUT2D eigenvalue weighted by molar-refractivity contribution is 0.0589. The van der Waals surface area contributed by atoms with Crippen LogP contribution in [0.3, 0.4) is 0 Å². The molecule has 0 radical (unpaired) electrons. The molecule has 0 heterocycles. The van der Waals surface area contributed by atoms with Gasteiger partial charge in [-0.2, -0.15) is 0 Å². The predicted molar refractivity (Wildman–Crippen MR) is 54.4 cm³/mol. The van der Waals surface area contributed by atoms with Crippen molar-refractivity contribution in [1.29, 1.82) is 0 Å². The summed E-state index contributed by atoms with van der Waals surface area (Å²) in [6.07, 6.45) is 0. The van der Waals surface area contributed by atoms with Crippen molar-refractivity contribution in [2.75, 3.05) is 27.6 Å². The van der Waals surface area contributed by atoms with Crippen molar-refractivity contribution in [2.24, 2.45) is 0 Å². The minimum atomic E-state index is 0.675. The fourth-order valence-electron chi connectivity index (χ4n) is 0.292. The molecule has 0 amide bonds. The summed E-state index contributed by atoms with van der Waals surface area (Å²) < 4.78 is 9.11. The molecule has 0 aromatic carbocycles. The first-order chi connectivity index (χ1) is 4.13. The fraction of sp³-hybridized carbons (Fsp3) is 1.00. The molecule has 56 valence electrons. The topological polar surface area (TPSA) is 15.7 Å². The van der Waals surface area contributed by atoms with Crippen LogP contribution in [0.4, 0.5) is 0 Å². The first kappa shape index (κ1) is 10.3. The summed E-state index contributed by atoms with van der Waals surface area (Å²) in [4.78, 5) is 0. The van der Waals surface area contributed by atoms with Gasteiger partial charge in [-0.25, -0.2) is 6.23 Å². The van der Waals surface area contributed by atoms with Crippen molar-refractivity contribution in [3.63, 3.8) is 0 Å². The van der Waals surface area contributed by atoms with Crippen molar-refractivity contribution in [3.8, 4) is 0 Å². The Labute approximate surface area is 83.7 Å². The lowest BCUT2D eigenvalue weighted by atomic mass is 11.1. The Morgan fingerprint density at radius 2 is 1.44 bits per heavy atom. The van der Waals surface area contributed by atoms with E-state index in [1.165, 1.54) is 0 Å². The van der Waals surface area contributed by atoms with Crippen LogP contribution < -0.4 is 0 Å². The van der Waals surface area contributed by atoms with Gasteiger partial charge in [0.2, 0.25) is 0 Å². The molecule has 0 atom stereocenters. The van der Waals surface area contributed by atoms with Crippen LogP contribution in [0, 0.1) is 0 Å². The Morgan fingerprint density at radius 3 is 1.67 bits per heavy atom. The molecular weight excluding hydrogens is 346 g/mol. The van der Waals surface area contributed by atoms with Crippen molar-refractivity contribution in [2.45, 2.75) is 0 Å². The van der Waals surface area contributed by atoms with Gasteiger partial charge in [0.1, 0.15) is 13.5 Å². The van der Waals surface area contributed by atoms with E-state index in [1.54, 1.807) is 0 Å². The molecule has 0 bridgehead atoms. The molecule has 3 nitrogen and oxygen atoms in total. The van der Waals surface area contributed by atoms with E-state index in [-0.39, 0.29) is 0 Å². The van der Waals surface area contributed by atoms with Gasteiger partial charge in [-0.3, -0.25) is 0 Å². The first-order valence-corrected chi connectivity index (χ1v) is 4.37. The molecule has 5 heteroatoms. The van der Waals surface area contributed by atoms with Crippen molar-refractivity contribution in [1.82, 2.24) is 6.23 Å². The van der Waals surface area contributed by atoms with Crippen molar-refractivity contribution >= 4 is 45.7 Å². The average Bonchev–Trinajstić information content (AvgIpc) is 1.63. The van der Waals surface area contributed by atoms with E-state index in [9.17, 15) is 0 Å². The third-order valence-corrected chi connectivity index (χ3v) is 1.10.